The van der Waals surface area contributed by atoms with Crippen molar-refractivity contribution in [2.75, 3.05) is 33.9 Å². The molecule has 27 heavy (non-hydrogen) atoms. The number of hydrogen-bond acceptors (Lipinski definition) is 5. The van der Waals surface area contributed by atoms with Gasteiger partial charge in [-0.25, -0.2) is 4.98 Å². The Morgan fingerprint density at radius 1 is 1.22 bits per heavy atom. The zero-order valence-corrected chi connectivity index (χ0v) is 16.1. The van der Waals surface area contributed by atoms with Crippen molar-refractivity contribution in [3.05, 3.63) is 47.7 Å². The summed E-state index contributed by atoms with van der Waals surface area (Å²) in [7, 11) is 3.15. The molecule has 0 spiro atoms. The third kappa shape index (κ3) is 4.70. The first kappa shape index (κ1) is 19.0. The summed E-state index contributed by atoms with van der Waals surface area (Å²) in [6.45, 7) is 3.91. The summed E-state index contributed by atoms with van der Waals surface area (Å²) in [5.41, 5.74) is 1.49. The van der Waals surface area contributed by atoms with Crippen LogP contribution < -0.4 is 14.2 Å². The molecule has 1 aliphatic heterocycles. The number of pyridine rings is 1. The van der Waals surface area contributed by atoms with Gasteiger partial charge in [-0.2, -0.15) is 0 Å². The standard InChI is InChI=1S/C21H26N2O4/c1-15-6-4-8-20(22-15)27-14-16-7-5-11-23(13-16)21(24)18-10-9-17(25-2)12-19(18)26-3/h4,6,8-10,12,16H,5,7,11,13-14H2,1-3H3. The van der Waals surface area contributed by atoms with E-state index in [1.165, 1.54) is 0 Å². The number of nitrogens with zero attached hydrogens (tertiary/aromatic N) is 2. The highest BCUT2D eigenvalue weighted by atomic mass is 16.5. The fourth-order valence-corrected chi connectivity index (χ4v) is 3.33. The Balaban J connectivity index is 1.64. The summed E-state index contributed by atoms with van der Waals surface area (Å²) in [6, 6.07) is 11.0. The van der Waals surface area contributed by atoms with Crippen molar-refractivity contribution in [1.82, 2.24) is 9.88 Å². The fourth-order valence-electron chi connectivity index (χ4n) is 3.33. The van der Waals surface area contributed by atoms with Gasteiger partial charge in [-0.1, -0.05) is 6.07 Å². The molecule has 6 heteroatoms. The Hall–Kier alpha value is -2.76. The molecule has 1 fully saturated rings. The van der Waals surface area contributed by atoms with Crippen molar-refractivity contribution in [1.29, 1.82) is 0 Å². The van der Waals surface area contributed by atoms with Gasteiger partial charge in [-0.3, -0.25) is 4.79 Å². The van der Waals surface area contributed by atoms with Crippen molar-refractivity contribution in [3.63, 3.8) is 0 Å². The molecule has 144 valence electrons. The lowest BCUT2D eigenvalue weighted by Gasteiger charge is -2.33. The molecule has 0 N–H and O–H groups in total. The summed E-state index contributed by atoms with van der Waals surface area (Å²) < 4.78 is 16.4. The van der Waals surface area contributed by atoms with Crippen LogP contribution in [0.2, 0.25) is 0 Å². The largest absolute Gasteiger partial charge is 0.497 e. The van der Waals surface area contributed by atoms with Crippen molar-refractivity contribution in [3.8, 4) is 17.4 Å². The molecule has 1 aromatic heterocycles. The van der Waals surface area contributed by atoms with Gasteiger partial charge < -0.3 is 19.1 Å². The number of hydrogen-bond donors (Lipinski definition) is 0. The van der Waals surface area contributed by atoms with Crippen molar-refractivity contribution >= 4 is 5.91 Å². The van der Waals surface area contributed by atoms with Crippen LogP contribution in [0.4, 0.5) is 0 Å². The van der Waals surface area contributed by atoms with E-state index in [9.17, 15) is 4.79 Å². The molecule has 1 unspecified atom stereocenters. The number of carbonyl (C=O) groups is 1. The summed E-state index contributed by atoms with van der Waals surface area (Å²) in [4.78, 5) is 19.2. The van der Waals surface area contributed by atoms with E-state index in [4.69, 9.17) is 14.2 Å². The second-order valence-corrected chi connectivity index (χ2v) is 6.75. The highest BCUT2D eigenvalue weighted by Crippen LogP contribution is 2.27. The lowest BCUT2D eigenvalue weighted by atomic mass is 9.98. The first-order valence-corrected chi connectivity index (χ1v) is 9.18. The molecular weight excluding hydrogens is 344 g/mol. The third-order valence-electron chi connectivity index (χ3n) is 4.77. The van der Waals surface area contributed by atoms with Gasteiger partial charge in [-0.05, 0) is 38.0 Å². The van der Waals surface area contributed by atoms with Crippen LogP contribution in [-0.4, -0.2) is 49.7 Å². The van der Waals surface area contributed by atoms with Crippen LogP contribution in [0.3, 0.4) is 0 Å². The minimum absolute atomic E-state index is 0.0205. The van der Waals surface area contributed by atoms with Crippen molar-refractivity contribution in [2.45, 2.75) is 19.8 Å². The Morgan fingerprint density at radius 2 is 2.07 bits per heavy atom. The topological polar surface area (TPSA) is 60.9 Å². The molecule has 1 amide bonds. The van der Waals surface area contributed by atoms with Gasteiger partial charge in [0.1, 0.15) is 11.5 Å². The average molecular weight is 370 g/mol. The number of amides is 1. The van der Waals surface area contributed by atoms with Crippen molar-refractivity contribution in [2.24, 2.45) is 5.92 Å². The van der Waals surface area contributed by atoms with Gasteiger partial charge in [0.15, 0.2) is 0 Å². The first-order valence-electron chi connectivity index (χ1n) is 9.18. The van der Waals surface area contributed by atoms with Gasteiger partial charge in [0.2, 0.25) is 5.88 Å². The molecule has 0 radical (unpaired) electrons. The monoisotopic (exact) mass is 370 g/mol. The molecule has 6 nitrogen and oxygen atoms in total. The Bertz CT molecular complexity index is 794. The zero-order chi connectivity index (χ0) is 19.2. The van der Waals surface area contributed by atoms with Gasteiger partial charge in [0.05, 0.1) is 26.4 Å². The number of carbonyl (C=O) groups excluding carboxylic acids is 1. The molecular formula is C21H26N2O4. The average Bonchev–Trinajstić information content (AvgIpc) is 2.71. The summed E-state index contributed by atoms with van der Waals surface area (Å²) in [5, 5.41) is 0. The van der Waals surface area contributed by atoms with Gasteiger partial charge in [-0.15, -0.1) is 0 Å². The molecule has 1 aliphatic rings. The minimum Gasteiger partial charge on any atom is -0.497 e. The quantitative estimate of drug-likeness (QED) is 0.780. The smallest absolute Gasteiger partial charge is 0.257 e. The van der Waals surface area contributed by atoms with E-state index in [0.717, 1.165) is 25.1 Å². The molecule has 1 aromatic carbocycles. The maximum Gasteiger partial charge on any atom is 0.257 e. The van der Waals surface area contributed by atoms with E-state index in [1.807, 2.05) is 30.0 Å². The number of methoxy groups -OCH3 is 2. The Kier molecular flexibility index (Phi) is 6.16. The van der Waals surface area contributed by atoms with Crippen LogP contribution in [0.1, 0.15) is 28.9 Å². The number of aryl methyl sites for hydroxylation is 1. The Morgan fingerprint density at radius 3 is 2.81 bits per heavy atom. The van der Waals surface area contributed by atoms with E-state index in [-0.39, 0.29) is 11.8 Å². The fraction of sp³-hybridized carbons (Fsp3) is 0.429. The summed E-state index contributed by atoms with van der Waals surface area (Å²) >= 11 is 0. The second kappa shape index (κ2) is 8.75. The highest BCUT2D eigenvalue weighted by molar-refractivity contribution is 5.97. The van der Waals surface area contributed by atoms with Crippen LogP contribution in [0.5, 0.6) is 17.4 Å². The van der Waals surface area contributed by atoms with E-state index in [1.54, 1.807) is 32.4 Å². The SMILES string of the molecule is COc1ccc(C(=O)N2CCCC(COc3cccc(C)n3)C2)c(OC)c1. The van der Waals surface area contributed by atoms with Crippen LogP contribution in [0, 0.1) is 12.8 Å². The molecule has 0 saturated carbocycles. The third-order valence-corrected chi connectivity index (χ3v) is 4.77. The normalized spacial score (nSPS) is 16.7. The summed E-state index contributed by atoms with van der Waals surface area (Å²) in [6.07, 6.45) is 1.99. The van der Waals surface area contributed by atoms with E-state index < -0.39 is 0 Å². The number of likely N-dealkylation sites (tertiary alicyclic amines) is 1. The lowest BCUT2D eigenvalue weighted by molar-refractivity contribution is 0.0628. The van der Waals surface area contributed by atoms with Gasteiger partial charge in [0, 0.05) is 36.8 Å². The van der Waals surface area contributed by atoms with Crippen LogP contribution >= 0.6 is 0 Å². The zero-order valence-electron chi connectivity index (χ0n) is 16.1. The molecule has 1 saturated heterocycles. The van der Waals surface area contributed by atoms with Crippen molar-refractivity contribution < 1.29 is 19.0 Å². The number of ether oxygens (including phenoxy) is 3. The van der Waals surface area contributed by atoms with Crippen LogP contribution in [-0.2, 0) is 0 Å². The highest BCUT2D eigenvalue weighted by Gasteiger charge is 2.27. The molecule has 2 heterocycles. The Labute approximate surface area is 160 Å². The maximum absolute atomic E-state index is 13.0. The first-order chi connectivity index (χ1) is 13.1. The van der Waals surface area contributed by atoms with Gasteiger partial charge in [0.25, 0.3) is 5.91 Å². The van der Waals surface area contributed by atoms with Crippen LogP contribution in [0.15, 0.2) is 36.4 Å². The predicted octanol–water partition coefficient (Wildman–Crippen LogP) is 3.34. The van der Waals surface area contributed by atoms with Gasteiger partial charge >= 0.3 is 0 Å². The van der Waals surface area contributed by atoms with E-state index in [0.29, 0.717) is 36.1 Å². The molecule has 0 aliphatic carbocycles. The molecule has 3 rings (SSSR count). The number of rotatable bonds is 6. The number of benzene rings is 1. The molecule has 2 aromatic rings. The van der Waals surface area contributed by atoms with Crippen LogP contribution in [0.25, 0.3) is 0 Å². The number of aromatic nitrogens is 1. The summed E-state index contributed by atoms with van der Waals surface area (Å²) in [5.74, 6) is 2.10. The number of piperidine rings is 1. The second-order valence-electron chi connectivity index (χ2n) is 6.75. The molecule has 1 atom stereocenters. The predicted molar refractivity (Wildman–Crippen MR) is 103 cm³/mol. The lowest BCUT2D eigenvalue weighted by Crippen LogP contribution is -2.41. The molecule has 0 bridgehead atoms. The maximum atomic E-state index is 13.0. The minimum atomic E-state index is -0.0205. The van der Waals surface area contributed by atoms with E-state index >= 15 is 0 Å². The van der Waals surface area contributed by atoms with E-state index in [2.05, 4.69) is 4.98 Å².